The predicted octanol–water partition coefficient (Wildman–Crippen LogP) is 1.80. The first-order valence-corrected chi connectivity index (χ1v) is 6.65. The van der Waals surface area contributed by atoms with E-state index in [0.29, 0.717) is 19.3 Å². The van der Waals surface area contributed by atoms with Crippen molar-refractivity contribution in [1.82, 2.24) is 0 Å². The Labute approximate surface area is 87.2 Å². The molecule has 0 rings (SSSR count). The van der Waals surface area contributed by atoms with Crippen LogP contribution in [0.25, 0.3) is 0 Å². The second kappa shape index (κ2) is 7.99. The minimum Gasteiger partial charge on any atom is -0.502 e. The molecule has 0 aromatic carbocycles. The van der Waals surface area contributed by atoms with Gasteiger partial charge in [0, 0.05) is 20.8 Å². The zero-order valence-electron chi connectivity index (χ0n) is 9.41. The third-order valence-electron chi connectivity index (χ3n) is 1.74. The van der Waals surface area contributed by atoms with Crippen LogP contribution in [0.2, 0.25) is 6.04 Å². The maximum absolute atomic E-state index is 5.50. The molecule has 0 aromatic rings. The molecule has 0 aliphatic carbocycles. The highest BCUT2D eigenvalue weighted by atomic mass is 28.4. The summed E-state index contributed by atoms with van der Waals surface area (Å²) < 4.78 is 21.3. The summed E-state index contributed by atoms with van der Waals surface area (Å²) in [5.41, 5.74) is 0. The minimum atomic E-state index is -2.45. The van der Waals surface area contributed by atoms with Crippen LogP contribution in [0.15, 0.2) is 12.3 Å². The van der Waals surface area contributed by atoms with Gasteiger partial charge in [0.2, 0.25) is 0 Å². The van der Waals surface area contributed by atoms with Crippen LogP contribution in [0.4, 0.5) is 0 Å². The lowest BCUT2D eigenvalue weighted by Crippen LogP contribution is -2.44. The lowest BCUT2D eigenvalue weighted by Gasteiger charge is -2.25. The first-order chi connectivity index (χ1) is 6.74. The Kier molecular flexibility index (Phi) is 7.78. The summed E-state index contributed by atoms with van der Waals surface area (Å²) in [7, 11) is 0.772. The van der Waals surface area contributed by atoms with Gasteiger partial charge in [0.1, 0.15) is 0 Å². The summed E-state index contributed by atoms with van der Waals surface area (Å²) in [6.45, 7) is 4.97. The Morgan fingerprint density at radius 3 is 2.29 bits per heavy atom. The van der Waals surface area contributed by atoms with Crippen LogP contribution in [-0.4, -0.2) is 36.2 Å². The molecule has 0 saturated heterocycles. The topological polar surface area (TPSA) is 36.9 Å². The fourth-order valence-corrected chi connectivity index (χ4v) is 2.81. The highest BCUT2D eigenvalue weighted by Gasteiger charge is 2.38. The number of allylic oxidation sites excluding steroid dienone is 1. The quantitative estimate of drug-likeness (QED) is 0.355. The monoisotopic (exact) mass is 220 g/mol. The van der Waals surface area contributed by atoms with Crippen molar-refractivity contribution < 1.29 is 18.0 Å². The molecule has 84 valence electrons. The summed E-state index contributed by atoms with van der Waals surface area (Å²) in [5, 5.41) is 0. The fourth-order valence-electron chi connectivity index (χ4n) is 1.05. The molecule has 0 bridgehead atoms. The van der Waals surface area contributed by atoms with Gasteiger partial charge in [-0.3, -0.25) is 0 Å². The van der Waals surface area contributed by atoms with Gasteiger partial charge in [0.05, 0.1) is 18.9 Å². The smallest absolute Gasteiger partial charge is 0.502 e. The molecule has 4 nitrogen and oxygen atoms in total. The molecule has 0 aliphatic rings. The van der Waals surface area contributed by atoms with Crippen LogP contribution in [0.5, 0.6) is 0 Å². The summed E-state index contributed by atoms with van der Waals surface area (Å²) in [6, 6.07) is 0.665. The predicted molar refractivity (Wildman–Crippen MR) is 57.0 cm³/mol. The lowest BCUT2D eigenvalue weighted by atomic mass is 10.7. The minimum absolute atomic E-state index is 0.554. The Bertz CT molecular complexity index is 157. The normalized spacial score (nSPS) is 12.3. The van der Waals surface area contributed by atoms with Gasteiger partial charge >= 0.3 is 8.80 Å². The Morgan fingerprint density at radius 2 is 1.86 bits per heavy atom. The van der Waals surface area contributed by atoms with Gasteiger partial charge in [-0.15, -0.1) is 0 Å². The zero-order valence-corrected chi connectivity index (χ0v) is 10.4. The summed E-state index contributed by atoms with van der Waals surface area (Å²) >= 11 is 0. The van der Waals surface area contributed by atoms with E-state index in [1.807, 2.05) is 19.9 Å². The maximum Gasteiger partial charge on any atom is 0.503 e. The largest absolute Gasteiger partial charge is 0.503 e. The molecule has 0 N–H and O–H groups in total. The molecule has 0 atom stereocenters. The highest BCUT2D eigenvalue weighted by Crippen LogP contribution is 2.13. The van der Waals surface area contributed by atoms with Gasteiger partial charge in [0.25, 0.3) is 0 Å². The number of rotatable bonds is 8. The van der Waals surface area contributed by atoms with Gasteiger partial charge in [-0.1, -0.05) is 6.08 Å². The Morgan fingerprint density at radius 1 is 1.21 bits per heavy atom. The van der Waals surface area contributed by atoms with Crippen molar-refractivity contribution >= 4 is 8.80 Å². The molecule has 0 saturated carbocycles. The molecule has 0 fully saturated rings. The SMILES string of the molecule is CC=COCC[Si](OC)(OC)OCC. The van der Waals surface area contributed by atoms with Crippen LogP contribution in [0, 0.1) is 0 Å². The fraction of sp³-hybridized carbons (Fsp3) is 0.778. The second-order valence-electron chi connectivity index (χ2n) is 2.61. The molecule has 0 amide bonds. The highest BCUT2D eigenvalue weighted by molar-refractivity contribution is 6.60. The van der Waals surface area contributed by atoms with E-state index in [9.17, 15) is 0 Å². The molecule has 0 aromatic heterocycles. The third-order valence-corrected chi connectivity index (χ3v) is 4.53. The van der Waals surface area contributed by atoms with Gasteiger partial charge in [-0.2, -0.15) is 0 Å². The molecule has 5 heteroatoms. The van der Waals surface area contributed by atoms with E-state index in [-0.39, 0.29) is 0 Å². The van der Waals surface area contributed by atoms with Crippen molar-refractivity contribution in [3.8, 4) is 0 Å². The van der Waals surface area contributed by atoms with E-state index in [2.05, 4.69) is 0 Å². The molecule has 0 unspecified atom stereocenters. The number of hydrogen-bond donors (Lipinski definition) is 0. The molecule has 0 heterocycles. The van der Waals surface area contributed by atoms with Crippen LogP contribution in [-0.2, 0) is 18.0 Å². The molecule has 0 radical (unpaired) electrons. The second-order valence-corrected chi connectivity index (χ2v) is 5.59. The number of hydrogen-bond acceptors (Lipinski definition) is 4. The first-order valence-electron chi connectivity index (χ1n) is 4.71. The van der Waals surface area contributed by atoms with Crippen molar-refractivity contribution in [2.75, 3.05) is 27.4 Å². The summed E-state index contributed by atoms with van der Waals surface area (Å²) in [5.74, 6) is 0. The summed E-state index contributed by atoms with van der Waals surface area (Å²) in [6.07, 6.45) is 3.49. The van der Waals surface area contributed by atoms with E-state index in [1.165, 1.54) is 0 Å². The van der Waals surface area contributed by atoms with Crippen molar-refractivity contribution in [2.45, 2.75) is 19.9 Å². The van der Waals surface area contributed by atoms with E-state index in [0.717, 1.165) is 0 Å². The third kappa shape index (κ3) is 4.76. The molecule has 0 aliphatic heterocycles. The standard InChI is InChI=1S/C9H20O4Si/c1-5-7-12-8-9-14(10-3,11-4)13-6-2/h5,7H,6,8-9H2,1-4H3. The van der Waals surface area contributed by atoms with E-state index in [1.54, 1.807) is 20.5 Å². The molecule has 0 spiro atoms. The van der Waals surface area contributed by atoms with Gasteiger partial charge < -0.3 is 18.0 Å². The molecule has 14 heavy (non-hydrogen) atoms. The molecular weight excluding hydrogens is 200 g/mol. The average molecular weight is 220 g/mol. The van der Waals surface area contributed by atoms with Crippen LogP contribution in [0.3, 0.4) is 0 Å². The van der Waals surface area contributed by atoms with Gasteiger partial charge in [-0.25, -0.2) is 0 Å². The lowest BCUT2D eigenvalue weighted by molar-refractivity contribution is 0.0959. The van der Waals surface area contributed by atoms with Crippen LogP contribution >= 0.6 is 0 Å². The van der Waals surface area contributed by atoms with Crippen LogP contribution < -0.4 is 0 Å². The van der Waals surface area contributed by atoms with Crippen molar-refractivity contribution in [2.24, 2.45) is 0 Å². The summed E-state index contributed by atoms with van der Waals surface area (Å²) in [4.78, 5) is 0. The Hall–Kier alpha value is -0.363. The Balaban J connectivity index is 3.93. The van der Waals surface area contributed by atoms with Crippen LogP contribution in [0.1, 0.15) is 13.8 Å². The van der Waals surface area contributed by atoms with Crippen molar-refractivity contribution in [3.05, 3.63) is 12.3 Å². The van der Waals surface area contributed by atoms with Gasteiger partial charge in [0.15, 0.2) is 0 Å². The van der Waals surface area contributed by atoms with Crippen molar-refractivity contribution in [1.29, 1.82) is 0 Å². The first kappa shape index (κ1) is 13.6. The maximum atomic E-state index is 5.50. The van der Waals surface area contributed by atoms with Gasteiger partial charge in [-0.05, 0) is 13.8 Å². The zero-order chi connectivity index (χ0) is 10.9. The van der Waals surface area contributed by atoms with E-state index in [4.69, 9.17) is 18.0 Å². The van der Waals surface area contributed by atoms with E-state index >= 15 is 0 Å². The molecular formula is C9H20O4Si. The number of ether oxygens (including phenoxy) is 1. The average Bonchev–Trinajstić information content (AvgIpc) is 2.23. The van der Waals surface area contributed by atoms with E-state index < -0.39 is 8.80 Å². The van der Waals surface area contributed by atoms with Crippen molar-refractivity contribution in [3.63, 3.8) is 0 Å².